The van der Waals surface area contributed by atoms with E-state index in [1.807, 2.05) is 31.2 Å². The van der Waals surface area contributed by atoms with E-state index in [0.29, 0.717) is 26.2 Å². The summed E-state index contributed by atoms with van der Waals surface area (Å²) in [5.41, 5.74) is 1.58. The Morgan fingerprint density at radius 1 is 1.33 bits per heavy atom. The molecule has 2 N–H and O–H groups in total. The van der Waals surface area contributed by atoms with Gasteiger partial charge in [-0.15, -0.1) is 0 Å². The largest absolute Gasteiger partial charge is 0.494 e. The van der Waals surface area contributed by atoms with Gasteiger partial charge in [0.15, 0.2) is 4.77 Å². The highest BCUT2D eigenvalue weighted by atomic mass is 32.1. The molecule has 0 spiro atoms. The molecule has 0 saturated heterocycles. The van der Waals surface area contributed by atoms with Gasteiger partial charge in [-0.05, 0) is 31.3 Å². The monoisotopic (exact) mass is 387 g/mol. The van der Waals surface area contributed by atoms with Gasteiger partial charge in [-0.2, -0.15) is 0 Å². The minimum atomic E-state index is -0.473. The predicted octanol–water partition coefficient (Wildman–Crippen LogP) is 2.04. The van der Waals surface area contributed by atoms with Gasteiger partial charge in [0.05, 0.1) is 30.7 Å². The van der Waals surface area contributed by atoms with E-state index < -0.39 is 5.56 Å². The lowest BCUT2D eigenvalue weighted by Crippen LogP contribution is -2.20. The molecule has 0 fully saturated rings. The van der Waals surface area contributed by atoms with E-state index in [1.54, 1.807) is 7.11 Å². The third-order valence-electron chi connectivity index (χ3n) is 4.24. The van der Waals surface area contributed by atoms with Crippen LogP contribution in [0.5, 0.6) is 5.88 Å². The fraction of sp³-hybridized carbons (Fsp3) is 0.333. The predicted molar refractivity (Wildman–Crippen MR) is 106 cm³/mol. The van der Waals surface area contributed by atoms with Crippen LogP contribution >= 0.6 is 12.2 Å². The number of benzene rings is 1. The van der Waals surface area contributed by atoms with Crippen LogP contribution in [-0.4, -0.2) is 50.7 Å². The number of hydrogen-bond donors (Lipinski definition) is 2. The molecule has 0 saturated carbocycles. The van der Waals surface area contributed by atoms with Crippen molar-refractivity contribution < 1.29 is 9.84 Å². The second-order valence-electron chi connectivity index (χ2n) is 5.98. The van der Waals surface area contributed by atoms with Crippen molar-refractivity contribution in [3.05, 3.63) is 50.8 Å². The van der Waals surface area contributed by atoms with Crippen LogP contribution in [0.25, 0.3) is 11.0 Å². The van der Waals surface area contributed by atoms with E-state index in [-0.39, 0.29) is 16.2 Å². The van der Waals surface area contributed by atoms with Gasteiger partial charge < -0.3 is 14.4 Å². The van der Waals surface area contributed by atoms with Crippen molar-refractivity contribution in [3.63, 3.8) is 0 Å². The number of nitrogens with zero attached hydrogens (tertiary/aromatic N) is 4. The molecule has 0 aliphatic carbocycles. The first-order valence-electron chi connectivity index (χ1n) is 8.49. The van der Waals surface area contributed by atoms with Crippen LogP contribution in [0.2, 0.25) is 0 Å². The number of aromatic nitrogens is 4. The quantitative estimate of drug-likeness (QED) is 0.478. The Balaban J connectivity index is 1.79. The van der Waals surface area contributed by atoms with Gasteiger partial charge in [0, 0.05) is 19.9 Å². The molecule has 2 aromatic heterocycles. The lowest BCUT2D eigenvalue weighted by molar-refractivity contribution is 0.182. The lowest BCUT2D eigenvalue weighted by Gasteiger charge is -2.10. The number of H-pyrrole nitrogens is 1. The number of nitrogens with one attached hydrogen (secondary N) is 1. The van der Waals surface area contributed by atoms with E-state index in [2.05, 4.69) is 19.5 Å². The van der Waals surface area contributed by atoms with E-state index in [9.17, 15) is 9.90 Å². The molecular weight excluding hydrogens is 366 g/mol. The van der Waals surface area contributed by atoms with Gasteiger partial charge >= 0.3 is 0 Å². The number of hydrogen-bond acceptors (Lipinski definition) is 6. The Labute approximate surface area is 160 Å². The van der Waals surface area contributed by atoms with Crippen LogP contribution in [0.15, 0.2) is 34.1 Å². The molecule has 3 rings (SSSR count). The number of aryl methyl sites for hydroxylation is 1. The number of aromatic hydroxyl groups is 1. The lowest BCUT2D eigenvalue weighted by atomic mass is 10.3. The zero-order chi connectivity index (χ0) is 19.4. The number of rotatable bonds is 7. The highest BCUT2D eigenvalue weighted by molar-refractivity contribution is 7.71. The summed E-state index contributed by atoms with van der Waals surface area (Å²) in [6, 6.07) is 7.90. The third-order valence-corrected chi connectivity index (χ3v) is 4.57. The average Bonchev–Trinajstić information content (AvgIpc) is 2.96. The van der Waals surface area contributed by atoms with E-state index >= 15 is 0 Å². The zero-order valence-corrected chi connectivity index (χ0v) is 16.0. The molecule has 0 amide bonds. The minimum Gasteiger partial charge on any atom is -0.494 e. The van der Waals surface area contributed by atoms with E-state index in [4.69, 9.17) is 17.0 Å². The summed E-state index contributed by atoms with van der Waals surface area (Å²) in [7, 11) is 1.55. The summed E-state index contributed by atoms with van der Waals surface area (Å²) in [4.78, 5) is 23.5. The van der Waals surface area contributed by atoms with Gasteiger partial charge in [0.1, 0.15) is 11.4 Å². The minimum absolute atomic E-state index is 0.0758. The van der Waals surface area contributed by atoms with Crippen molar-refractivity contribution in [2.45, 2.75) is 20.0 Å². The Morgan fingerprint density at radius 2 is 2.11 bits per heavy atom. The molecule has 0 aliphatic heterocycles. The standard InChI is InChI=1S/C18H21N5O3S/c1-12-20-14-5-3-4-6-15(14)22(12)8-7-19-11-13-16(24)21-18(27)23(17(13)25)9-10-26-2/h3-6,11,25H,7-10H2,1-2H3,(H,21,24,27). The van der Waals surface area contributed by atoms with Crippen LogP contribution in [-0.2, 0) is 17.8 Å². The maximum absolute atomic E-state index is 12.1. The number of methoxy groups -OCH3 is 1. The first-order chi connectivity index (χ1) is 13.0. The summed E-state index contributed by atoms with van der Waals surface area (Å²) in [5, 5.41) is 10.4. The highest BCUT2D eigenvalue weighted by Gasteiger charge is 2.11. The van der Waals surface area contributed by atoms with E-state index in [0.717, 1.165) is 16.9 Å². The summed E-state index contributed by atoms with van der Waals surface area (Å²) in [6.07, 6.45) is 1.38. The Morgan fingerprint density at radius 3 is 2.89 bits per heavy atom. The van der Waals surface area contributed by atoms with Gasteiger partial charge in [-0.25, -0.2) is 4.98 Å². The molecule has 0 radical (unpaired) electrons. The van der Waals surface area contributed by atoms with Crippen molar-refractivity contribution in [2.75, 3.05) is 20.3 Å². The number of fused-ring (bicyclic) bond motifs is 1. The number of imidazole rings is 1. The summed E-state index contributed by atoms with van der Waals surface area (Å²) >= 11 is 5.09. The fourth-order valence-electron chi connectivity index (χ4n) is 2.87. The number of para-hydroxylation sites is 2. The molecule has 0 atom stereocenters. The van der Waals surface area contributed by atoms with Gasteiger partial charge in [0.25, 0.3) is 5.56 Å². The fourth-order valence-corrected chi connectivity index (χ4v) is 3.14. The Hall–Kier alpha value is -2.78. The molecule has 0 bridgehead atoms. The molecule has 9 heteroatoms. The van der Waals surface area contributed by atoms with Gasteiger partial charge in [0.2, 0.25) is 5.88 Å². The van der Waals surface area contributed by atoms with Crippen molar-refractivity contribution in [1.82, 2.24) is 19.1 Å². The molecule has 0 aliphatic rings. The molecular formula is C18H21N5O3S. The zero-order valence-electron chi connectivity index (χ0n) is 15.2. The summed E-state index contributed by atoms with van der Waals surface area (Å²) < 4.78 is 8.63. The maximum Gasteiger partial charge on any atom is 0.264 e. The Kier molecular flexibility index (Phi) is 5.82. The first-order valence-corrected chi connectivity index (χ1v) is 8.90. The van der Waals surface area contributed by atoms with Crippen LogP contribution in [0, 0.1) is 11.7 Å². The van der Waals surface area contributed by atoms with Crippen LogP contribution < -0.4 is 5.56 Å². The molecule has 1 aromatic carbocycles. The molecule has 0 unspecified atom stereocenters. The number of ether oxygens (including phenoxy) is 1. The number of aromatic amines is 1. The van der Waals surface area contributed by atoms with Crippen molar-refractivity contribution in [2.24, 2.45) is 4.99 Å². The SMILES string of the molecule is COCCn1c(O)c(C=NCCn2c(C)nc3ccccc32)c(=O)[nH]c1=S. The van der Waals surface area contributed by atoms with Crippen molar-refractivity contribution in [1.29, 1.82) is 0 Å². The van der Waals surface area contributed by atoms with Crippen LogP contribution in [0.4, 0.5) is 0 Å². The molecule has 3 aromatic rings. The molecule has 27 heavy (non-hydrogen) atoms. The smallest absolute Gasteiger partial charge is 0.264 e. The van der Waals surface area contributed by atoms with Gasteiger partial charge in [-0.1, -0.05) is 12.1 Å². The second-order valence-corrected chi connectivity index (χ2v) is 6.36. The Bertz CT molecular complexity index is 1100. The van der Waals surface area contributed by atoms with Crippen molar-refractivity contribution in [3.8, 4) is 5.88 Å². The van der Waals surface area contributed by atoms with Crippen LogP contribution in [0.1, 0.15) is 11.4 Å². The topological polar surface area (TPSA) is 97.4 Å². The third kappa shape index (κ3) is 3.99. The number of aliphatic imine (C=N–C) groups is 1. The van der Waals surface area contributed by atoms with Crippen LogP contribution in [0.3, 0.4) is 0 Å². The average molecular weight is 387 g/mol. The summed E-state index contributed by atoms with van der Waals surface area (Å²) in [6.45, 7) is 3.69. The van der Waals surface area contributed by atoms with E-state index in [1.165, 1.54) is 10.8 Å². The highest BCUT2D eigenvalue weighted by Crippen LogP contribution is 2.15. The maximum atomic E-state index is 12.1. The first kappa shape index (κ1) is 19.0. The van der Waals surface area contributed by atoms with Crippen molar-refractivity contribution >= 4 is 29.5 Å². The molecule has 142 valence electrons. The van der Waals surface area contributed by atoms with Gasteiger partial charge in [-0.3, -0.25) is 19.3 Å². The molecule has 8 nitrogen and oxygen atoms in total. The normalized spacial score (nSPS) is 11.6. The second kappa shape index (κ2) is 8.28. The molecule has 2 heterocycles. The summed E-state index contributed by atoms with van der Waals surface area (Å²) in [5.74, 6) is 0.689.